The van der Waals surface area contributed by atoms with Crippen LogP contribution < -0.4 is 5.32 Å². The monoisotopic (exact) mass is 802 g/mol. The topological polar surface area (TPSA) is 95.9 Å². The van der Waals surface area contributed by atoms with Gasteiger partial charge in [-0.3, -0.25) is 9.59 Å². The molecule has 0 aliphatic carbocycles. The number of ether oxygens (including phenoxy) is 1. The summed E-state index contributed by atoms with van der Waals surface area (Å²) in [6, 6.07) is -0.640. The minimum absolute atomic E-state index is 0.0268. The van der Waals surface area contributed by atoms with Crippen molar-refractivity contribution in [3.05, 3.63) is 36.5 Å². The van der Waals surface area contributed by atoms with Crippen LogP contribution in [0.2, 0.25) is 0 Å². The number of esters is 1. The molecular weight excluding hydrogens is 707 g/mol. The summed E-state index contributed by atoms with van der Waals surface area (Å²) < 4.78 is 5.44. The van der Waals surface area contributed by atoms with Crippen molar-refractivity contribution < 1.29 is 24.5 Å². The van der Waals surface area contributed by atoms with Crippen molar-refractivity contribution in [3.8, 4) is 0 Å². The van der Waals surface area contributed by atoms with E-state index in [-0.39, 0.29) is 18.5 Å². The lowest BCUT2D eigenvalue weighted by Crippen LogP contribution is -2.45. The molecular formula is C51H95NO5. The number of amides is 1. The molecule has 0 aliphatic rings. The first kappa shape index (κ1) is 55.1. The average Bonchev–Trinajstić information content (AvgIpc) is 3.21. The summed E-state index contributed by atoms with van der Waals surface area (Å²) in [5.74, 6) is -0.112. The minimum atomic E-state index is -0.855. The Morgan fingerprint density at radius 1 is 0.491 bits per heavy atom. The van der Waals surface area contributed by atoms with Crippen molar-refractivity contribution >= 4 is 11.9 Å². The van der Waals surface area contributed by atoms with Crippen LogP contribution >= 0.6 is 0 Å². The molecule has 2 atom stereocenters. The molecule has 2 unspecified atom stereocenters. The zero-order chi connectivity index (χ0) is 41.5. The van der Waals surface area contributed by atoms with Crippen LogP contribution in [0.3, 0.4) is 0 Å². The van der Waals surface area contributed by atoms with Crippen molar-refractivity contribution in [1.82, 2.24) is 5.32 Å². The second-order valence-electron chi connectivity index (χ2n) is 16.8. The van der Waals surface area contributed by atoms with E-state index in [2.05, 4.69) is 43.5 Å². The molecule has 6 heteroatoms. The van der Waals surface area contributed by atoms with E-state index in [1.807, 2.05) is 6.08 Å². The highest BCUT2D eigenvalue weighted by molar-refractivity contribution is 5.76. The van der Waals surface area contributed by atoms with E-state index in [1.54, 1.807) is 6.08 Å². The van der Waals surface area contributed by atoms with Gasteiger partial charge in [0.25, 0.3) is 0 Å². The summed E-state index contributed by atoms with van der Waals surface area (Å²) in [6.45, 7) is 4.79. The molecule has 0 rings (SSSR count). The van der Waals surface area contributed by atoms with Crippen molar-refractivity contribution in [2.45, 2.75) is 264 Å². The van der Waals surface area contributed by atoms with Crippen molar-refractivity contribution in [1.29, 1.82) is 0 Å². The number of hydrogen-bond donors (Lipinski definition) is 3. The average molecular weight is 802 g/mol. The zero-order valence-electron chi connectivity index (χ0n) is 37.8. The summed E-state index contributed by atoms with van der Waals surface area (Å²) in [7, 11) is 0. The molecule has 0 aromatic heterocycles. The predicted molar refractivity (Wildman–Crippen MR) is 246 cm³/mol. The minimum Gasteiger partial charge on any atom is -0.466 e. The number of carbonyl (C=O) groups is 2. The quantitative estimate of drug-likeness (QED) is 0.0324. The summed E-state index contributed by atoms with van der Waals surface area (Å²) in [4.78, 5) is 24.4. The fourth-order valence-corrected chi connectivity index (χ4v) is 7.32. The van der Waals surface area contributed by atoms with Crippen LogP contribution in [0, 0.1) is 0 Å². The van der Waals surface area contributed by atoms with E-state index in [0.717, 1.165) is 70.6 Å². The van der Waals surface area contributed by atoms with Crippen molar-refractivity contribution in [2.24, 2.45) is 0 Å². The van der Waals surface area contributed by atoms with E-state index in [0.29, 0.717) is 19.4 Å². The van der Waals surface area contributed by atoms with Gasteiger partial charge in [-0.2, -0.15) is 0 Å². The number of nitrogens with one attached hydrogen (secondary N) is 1. The van der Waals surface area contributed by atoms with Gasteiger partial charge in [0.1, 0.15) is 0 Å². The Hall–Kier alpha value is -1.92. The standard InChI is InChI=1S/C51H95NO5/c1-3-5-7-9-11-13-15-17-18-20-23-27-31-35-39-43-49(54)48(47-53)52-50(55)44-40-36-32-28-24-21-22-26-30-34-38-42-46-57-51(56)45-41-37-33-29-25-19-16-14-12-10-8-6-4-2/h8,10,14,16,39,43,48-49,53-54H,3-7,9,11-13,15,17-38,40-42,44-47H2,1-2H3,(H,52,55)/b10-8-,16-14-,43-39+. The van der Waals surface area contributed by atoms with Gasteiger partial charge in [-0.25, -0.2) is 0 Å². The highest BCUT2D eigenvalue weighted by Gasteiger charge is 2.18. The van der Waals surface area contributed by atoms with E-state index in [4.69, 9.17) is 4.74 Å². The third-order valence-electron chi connectivity index (χ3n) is 11.1. The van der Waals surface area contributed by atoms with Gasteiger partial charge in [0.05, 0.1) is 25.4 Å². The van der Waals surface area contributed by atoms with Crippen LogP contribution in [-0.4, -0.2) is 47.4 Å². The Morgan fingerprint density at radius 3 is 1.40 bits per heavy atom. The number of allylic oxidation sites excluding steroid dienone is 5. The molecule has 57 heavy (non-hydrogen) atoms. The summed E-state index contributed by atoms with van der Waals surface area (Å²) in [5.41, 5.74) is 0. The van der Waals surface area contributed by atoms with Gasteiger partial charge in [0, 0.05) is 12.8 Å². The number of unbranched alkanes of at least 4 members (excludes halogenated alkanes) is 30. The molecule has 0 saturated carbocycles. The second-order valence-corrected chi connectivity index (χ2v) is 16.8. The van der Waals surface area contributed by atoms with Gasteiger partial charge in [0.15, 0.2) is 0 Å². The van der Waals surface area contributed by atoms with Gasteiger partial charge in [-0.05, 0) is 57.8 Å². The zero-order valence-corrected chi connectivity index (χ0v) is 37.8. The first-order chi connectivity index (χ1) is 28.0. The first-order valence-corrected chi connectivity index (χ1v) is 24.8. The molecule has 0 saturated heterocycles. The molecule has 1 amide bonds. The largest absolute Gasteiger partial charge is 0.466 e. The molecule has 6 nitrogen and oxygen atoms in total. The summed E-state index contributed by atoms with van der Waals surface area (Å²) in [6.07, 6.45) is 55.6. The van der Waals surface area contributed by atoms with Crippen LogP contribution in [0.1, 0.15) is 251 Å². The van der Waals surface area contributed by atoms with Crippen molar-refractivity contribution in [2.75, 3.05) is 13.2 Å². The maximum absolute atomic E-state index is 12.4. The van der Waals surface area contributed by atoms with Crippen LogP contribution in [0.25, 0.3) is 0 Å². The maximum atomic E-state index is 12.4. The summed E-state index contributed by atoms with van der Waals surface area (Å²) in [5, 5.41) is 23.0. The Bertz CT molecular complexity index is 931. The number of aliphatic hydroxyl groups excluding tert-OH is 2. The Morgan fingerprint density at radius 2 is 0.912 bits per heavy atom. The number of aliphatic hydroxyl groups is 2. The maximum Gasteiger partial charge on any atom is 0.305 e. The van der Waals surface area contributed by atoms with Gasteiger partial charge >= 0.3 is 5.97 Å². The highest BCUT2D eigenvalue weighted by Crippen LogP contribution is 2.15. The number of carbonyl (C=O) groups excluding carboxylic acids is 2. The third kappa shape index (κ3) is 43.5. The predicted octanol–water partition coefficient (Wildman–Crippen LogP) is 14.5. The Balaban J connectivity index is 3.52. The van der Waals surface area contributed by atoms with Gasteiger partial charge in [-0.15, -0.1) is 0 Å². The summed E-state index contributed by atoms with van der Waals surface area (Å²) >= 11 is 0. The molecule has 3 N–H and O–H groups in total. The highest BCUT2D eigenvalue weighted by atomic mass is 16.5. The molecule has 0 heterocycles. The van der Waals surface area contributed by atoms with E-state index in [1.165, 1.54) is 154 Å². The van der Waals surface area contributed by atoms with Crippen LogP contribution in [0.5, 0.6) is 0 Å². The van der Waals surface area contributed by atoms with E-state index in [9.17, 15) is 19.8 Å². The smallest absolute Gasteiger partial charge is 0.305 e. The fourth-order valence-electron chi connectivity index (χ4n) is 7.32. The number of rotatable bonds is 45. The van der Waals surface area contributed by atoms with Crippen LogP contribution in [0.15, 0.2) is 36.5 Å². The lowest BCUT2D eigenvalue weighted by Gasteiger charge is -2.20. The molecule has 0 bridgehead atoms. The lowest BCUT2D eigenvalue weighted by atomic mass is 10.0. The SMILES string of the molecule is CCC/C=C\C/C=C\CCCCCCCC(=O)OCCCCCCCCCCCCCCC(=O)NC(CO)C(O)/C=C/CCCCCCCCCCCCCCC. The van der Waals surface area contributed by atoms with Gasteiger partial charge in [-0.1, -0.05) is 217 Å². The van der Waals surface area contributed by atoms with Gasteiger partial charge in [0.2, 0.25) is 5.91 Å². The van der Waals surface area contributed by atoms with E-state index < -0.39 is 12.1 Å². The van der Waals surface area contributed by atoms with E-state index >= 15 is 0 Å². The van der Waals surface area contributed by atoms with Gasteiger partial charge < -0.3 is 20.3 Å². The van der Waals surface area contributed by atoms with Crippen molar-refractivity contribution in [3.63, 3.8) is 0 Å². The Labute approximate surface area is 353 Å². The molecule has 0 radical (unpaired) electrons. The lowest BCUT2D eigenvalue weighted by molar-refractivity contribution is -0.143. The Kier molecular flexibility index (Phi) is 45.2. The molecule has 334 valence electrons. The fraction of sp³-hybridized carbons (Fsp3) is 0.843. The molecule has 0 aromatic carbocycles. The second kappa shape index (κ2) is 46.8. The normalized spacial score (nSPS) is 13.0. The first-order valence-electron chi connectivity index (χ1n) is 24.8. The van der Waals surface area contributed by atoms with Crippen LogP contribution in [-0.2, 0) is 14.3 Å². The van der Waals surface area contributed by atoms with Crippen LogP contribution in [0.4, 0.5) is 0 Å². The number of hydrogen-bond acceptors (Lipinski definition) is 5. The molecule has 0 aromatic rings. The molecule has 0 aliphatic heterocycles. The third-order valence-corrected chi connectivity index (χ3v) is 11.1. The molecule has 0 fully saturated rings. The molecule has 0 spiro atoms.